The Morgan fingerprint density at radius 1 is 1.00 bits per heavy atom. The minimum atomic E-state index is 0.247. The van der Waals surface area contributed by atoms with Crippen molar-refractivity contribution in [3.8, 4) is 34.2 Å². The van der Waals surface area contributed by atoms with Crippen LogP contribution in [0.1, 0.15) is 11.3 Å². The van der Waals surface area contributed by atoms with Gasteiger partial charge in [0.1, 0.15) is 29.7 Å². The highest BCUT2D eigenvalue weighted by atomic mass is 35.5. The summed E-state index contributed by atoms with van der Waals surface area (Å²) < 4.78 is 11.7. The second-order valence-corrected chi connectivity index (χ2v) is 7.37. The van der Waals surface area contributed by atoms with E-state index in [2.05, 4.69) is 21.5 Å². The maximum absolute atomic E-state index is 9.16. The zero-order valence-corrected chi connectivity index (χ0v) is 16.9. The molecule has 6 nitrogen and oxygen atoms in total. The van der Waals surface area contributed by atoms with E-state index >= 15 is 0 Å². The lowest BCUT2D eigenvalue weighted by molar-refractivity contribution is 0.306. The second-order valence-electron chi connectivity index (χ2n) is 6.94. The molecule has 0 atom stereocenters. The van der Waals surface area contributed by atoms with Gasteiger partial charge in [0.15, 0.2) is 5.69 Å². The van der Waals surface area contributed by atoms with E-state index in [1.54, 1.807) is 6.26 Å². The Bertz CT molecular complexity index is 1410. The lowest BCUT2D eigenvalue weighted by atomic mass is 10.0. The Labute approximate surface area is 182 Å². The number of nitrogens with one attached hydrogen (secondary N) is 1. The molecule has 3 aromatic carbocycles. The number of H-pyrrole nitrogens is 1. The topological polar surface area (TPSA) is 87.7 Å². The first-order chi connectivity index (χ1) is 15.2. The standard InChI is InChI=1S/C24H15ClN4O2/c25-18-7-5-16(6-8-18)21-14-31-23-9-4-15(10-20(21)23)13-30-19-3-1-2-17(11-19)24-22(12-26)27-29-28-24/h1-11,14H,13H2,(H,27,28,29). The fourth-order valence-corrected chi connectivity index (χ4v) is 3.56. The van der Waals surface area contributed by atoms with E-state index in [-0.39, 0.29) is 5.69 Å². The number of fused-ring (bicyclic) bond motifs is 1. The summed E-state index contributed by atoms with van der Waals surface area (Å²) in [7, 11) is 0. The zero-order valence-electron chi connectivity index (χ0n) is 16.2. The van der Waals surface area contributed by atoms with E-state index in [1.165, 1.54) is 0 Å². The van der Waals surface area contributed by atoms with Crippen LogP contribution < -0.4 is 4.74 Å². The summed E-state index contributed by atoms with van der Waals surface area (Å²) in [6.45, 7) is 0.383. The molecule has 5 aromatic rings. The average molecular weight is 427 g/mol. The van der Waals surface area contributed by atoms with Crippen molar-refractivity contribution < 1.29 is 9.15 Å². The number of nitriles is 1. The van der Waals surface area contributed by atoms with Gasteiger partial charge in [0.05, 0.1) is 6.26 Å². The van der Waals surface area contributed by atoms with Gasteiger partial charge in [0.2, 0.25) is 0 Å². The summed E-state index contributed by atoms with van der Waals surface area (Å²) in [6.07, 6.45) is 1.76. The summed E-state index contributed by atoms with van der Waals surface area (Å²) in [5.41, 5.74) is 5.37. The van der Waals surface area contributed by atoms with Gasteiger partial charge in [-0.3, -0.25) is 0 Å². The minimum absolute atomic E-state index is 0.247. The minimum Gasteiger partial charge on any atom is -0.489 e. The van der Waals surface area contributed by atoms with Crippen molar-refractivity contribution in [2.75, 3.05) is 0 Å². The zero-order chi connectivity index (χ0) is 21.2. The number of rotatable bonds is 5. The molecule has 2 aromatic heterocycles. The first kappa shape index (κ1) is 18.9. The third-order valence-electron chi connectivity index (χ3n) is 4.96. The summed E-state index contributed by atoms with van der Waals surface area (Å²) in [5.74, 6) is 0.676. The maximum Gasteiger partial charge on any atom is 0.190 e. The van der Waals surface area contributed by atoms with E-state index in [0.29, 0.717) is 23.1 Å². The lowest BCUT2D eigenvalue weighted by Crippen LogP contribution is -1.95. The molecule has 150 valence electrons. The van der Waals surface area contributed by atoms with Crippen LogP contribution in [0.25, 0.3) is 33.4 Å². The molecular formula is C24H15ClN4O2. The number of benzene rings is 3. The van der Waals surface area contributed by atoms with E-state index in [0.717, 1.165) is 33.2 Å². The van der Waals surface area contributed by atoms with Gasteiger partial charge in [-0.05, 0) is 47.5 Å². The third-order valence-corrected chi connectivity index (χ3v) is 5.21. The van der Waals surface area contributed by atoms with Gasteiger partial charge < -0.3 is 9.15 Å². The Morgan fingerprint density at radius 3 is 2.71 bits per heavy atom. The van der Waals surface area contributed by atoms with Crippen molar-refractivity contribution in [2.45, 2.75) is 6.61 Å². The van der Waals surface area contributed by atoms with Gasteiger partial charge in [-0.1, -0.05) is 41.9 Å². The van der Waals surface area contributed by atoms with Crippen LogP contribution in [0.5, 0.6) is 5.75 Å². The molecule has 0 saturated heterocycles. The van der Waals surface area contributed by atoms with Crippen LogP contribution in [0, 0.1) is 11.3 Å². The molecule has 0 saturated carbocycles. The van der Waals surface area contributed by atoms with Crippen molar-refractivity contribution in [1.82, 2.24) is 15.4 Å². The molecule has 0 aliphatic rings. The van der Waals surface area contributed by atoms with Crippen molar-refractivity contribution in [2.24, 2.45) is 0 Å². The van der Waals surface area contributed by atoms with E-state index in [4.69, 9.17) is 26.0 Å². The predicted molar refractivity (Wildman–Crippen MR) is 118 cm³/mol. The molecule has 0 aliphatic carbocycles. The molecule has 0 amide bonds. The van der Waals surface area contributed by atoms with Crippen LogP contribution in [0.3, 0.4) is 0 Å². The largest absolute Gasteiger partial charge is 0.489 e. The monoisotopic (exact) mass is 426 g/mol. The number of ether oxygens (including phenoxy) is 1. The number of nitrogens with zero attached hydrogens (tertiary/aromatic N) is 3. The highest BCUT2D eigenvalue weighted by Crippen LogP contribution is 2.32. The smallest absolute Gasteiger partial charge is 0.190 e. The number of aromatic amines is 1. The Morgan fingerprint density at radius 2 is 1.87 bits per heavy atom. The highest BCUT2D eigenvalue weighted by Gasteiger charge is 2.12. The van der Waals surface area contributed by atoms with Gasteiger partial charge in [-0.15, -0.1) is 5.10 Å². The van der Waals surface area contributed by atoms with E-state index in [9.17, 15) is 0 Å². The second kappa shape index (κ2) is 7.98. The molecule has 0 fully saturated rings. The highest BCUT2D eigenvalue weighted by molar-refractivity contribution is 6.30. The number of hydrogen-bond acceptors (Lipinski definition) is 5. The first-order valence-corrected chi connectivity index (χ1v) is 9.89. The Kier molecular flexibility index (Phi) is 4.87. The molecule has 0 spiro atoms. The van der Waals surface area contributed by atoms with Gasteiger partial charge in [0, 0.05) is 21.5 Å². The van der Waals surface area contributed by atoms with Crippen LogP contribution in [0.4, 0.5) is 0 Å². The fraction of sp³-hybridized carbons (Fsp3) is 0.0417. The van der Waals surface area contributed by atoms with E-state index in [1.807, 2.05) is 66.7 Å². The summed E-state index contributed by atoms with van der Waals surface area (Å²) >= 11 is 6.01. The van der Waals surface area contributed by atoms with Crippen LogP contribution in [-0.2, 0) is 6.61 Å². The van der Waals surface area contributed by atoms with Gasteiger partial charge in [-0.25, -0.2) is 0 Å². The van der Waals surface area contributed by atoms with Crippen LogP contribution in [-0.4, -0.2) is 15.4 Å². The third kappa shape index (κ3) is 3.75. The molecule has 0 unspecified atom stereocenters. The molecular weight excluding hydrogens is 412 g/mol. The molecule has 0 radical (unpaired) electrons. The molecule has 1 N–H and O–H groups in total. The molecule has 0 aliphatic heterocycles. The predicted octanol–water partition coefficient (Wildman–Crippen LogP) is 5.99. The van der Waals surface area contributed by atoms with Gasteiger partial charge in [0.25, 0.3) is 0 Å². The summed E-state index contributed by atoms with van der Waals surface area (Å²) in [5, 5.41) is 21.2. The number of aromatic nitrogens is 3. The van der Waals surface area contributed by atoms with Crippen LogP contribution in [0.2, 0.25) is 5.02 Å². The Hall–Kier alpha value is -4.08. The SMILES string of the molecule is N#Cc1n[nH]nc1-c1cccc(OCc2ccc3occ(-c4ccc(Cl)cc4)c3c2)c1. The van der Waals surface area contributed by atoms with Crippen molar-refractivity contribution in [3.63, 3.8) is 0 Å². The first-order valence-electron chi connectivity index (χ1n) is 9.51. The van der Waals surface area contributed by atoms with Crippen molar-refractivity contribution in [3.05, 3.63) is 89.3 Å². The Balaban J connectivity index is 1.39. The molecule has 0 bridgehead atoms. The maximum atomic E-state index is 9.16. The number of furan rings is 1. The normalized spacial score (nSPS) is 10.8. The molecule has 7 heteroatoms. The average Bonchev–Trinajstić information content (AvgIpc) is 3.45. The summed E-state index contributed by atoms with van der Waals surface area (Å²) in [4.78, 5) is 0. The fourth-order valence-electron chi connectivity index (χ4n) is 3.43. The quantitative estimate of drug-likeness (QED) is 0.373. The van der Waals surface area contributed by atoms with E-state index < -0.39 is 0 Å². The molecule has 5 rings (SSSR count). The molecule has 31 heavy (non-hydrogen) atoms. The number of hydrogen-bond donors (Lipinski definition) is 1. The van der Waals surface area contributed by atoms with Gasteiger partial charge in [-0.2, -0.15) is 15.6 Å². The van der Waals surface area contributed by atoms with Gasteiger partial charge >= 0.3 is 0 Å². The van der Waals surface area contributed by atoms with Crippen molar-refractivity contribution in [1.29, 1.82) is 5.26 Å². The summed E-state index contributed by atoms with van der Waals surface area (Å²) in [6, 6.07) is 23.1. The van der Waals surface area contributed by atoms with Crippen molar-refractivity contribution >= 4 is 22.6 Å². The lowest BCUT2D eigenvalue weighted by Gasteiger charge is -2.08. The molecule has 2 heterocycles. The number of halogens is 1. The van der Waals surface area contributed by atoms with Crippen LogP contribution in [0.15, 0.2) is 77.4 Å². The van der Waals surface area contributed by atoms with Crippen LogP contribution >= 0.6 is 11.6 Å².